The van der Waals surface area contributed by atoms with Gasteiger partial charge in [-0.3, -0.25) is 39.3 Å². The Morgan fingerprint density at radius 1 is 0.383 bits per heavy atom. The van der Waals surface area contributed by atoms with E-state index >= 15 is 0 Å². The first-order valence-corrected chi connectivity index (χ1v) is 34.9. The number of nitrogens with one attached hydrogen (secondary N) is 6. The van der Waals surface area contributed by atoms with Crippen LogP contribution in [0.2, 0.25) is 0 Å². The van der Waals surface area contributed by atoms with Crippen LogP contribution in [0.1, 0.15) is 173 Å². The summed E-state index contributed by atoms with van der Waals surface area (Å²) in [5.74, 6) is 2.12. The van der Waals surface area contributed by atoms with Crippen molar-refractivity contribution in [2.24, 2.45) is 0 Å². The third-order valence-corrected chi connectivity index (χ3v) is 19.5. The molecule has 0 unspecified atom stereocenters. The monoisotopic (exact) mass is 1500 g/mol. The number of hydrogen-bond acceptors (Lipinski definition) is 19. The maximum Gasteiger partial charge on any atom is 0.251 e. The Morgan fingerprint density at radius 2 is 0.710 bits per heavy atom. The summed E-state index contributed by atoms with van der Waals surface area (Å²) in [5.41, 5.74) is 12.2. The molecular weight excluding hydrogens is 1420 g/mol. The maximum atomic E-state index is 14.7. The second kappa shape index (κ2) is 36.0. The molecular formula is C79H84F3N19O3S3. The molecule has 3 amide bonds. The largest absolute Gasteiger partial charge is 0.369 e. The van der Waals surface area contributed by atoms with Crippen molar-refractivity contribution < 1.29 is 27.6 Å². The summed E-state index contributed by atoms with van der Waals surface area (Å²) < 4.78 is 44.0. The molecule has 0 bridgehead atoms. The van der Waals surface area contributed by atoms with E-state index in [0.29, 0.717) is 71.4 Å². The van der Waals surface area contributed by atoms with Crippen LogP contribution in [0.4, 0.5) is 30.6 Å². The van der Waals surface area contributed by atoms with E-state index < -0.39 is 17.5 Å². The number of anilines is 3. The van der Waals surface area contributed by atoms with Crippen LogP contribution in [0, 0.1) is 17.5 Å². The van der Waals surface area contributed by atoms with E-state index in [1.54, 1.807) is 18.2 Å². The fourth-order valence-corrected chi connectivity index (χ4v) is 12.9. The van der Waals surface area contributed by atoms with Gasteiger partial charge in [0.1, 0.15) is 59.7 Å². The first kappa shape index (κ1) is 78.7. The lowest BCUT2D eigenvalue weighted by Crippen LogP contribution is -2.19. The third-order valence-electron chi connectivity index (χ3n) is 19.5. The Hall–Kier alpha value is -10.8. The number of carbonyl (C=O) groups excluding carboxylic acids is 3. The molecule has 3 fully saturated rings. The summed E-state index contributed by atoms with van der Waals surface area (Å²) in [6.45, 7) is 7.68. The van der Waals surface area contributed by atoms with Gasteiger partial charge in [-0.15, -0.1) is 0 Å². The standard InChI is InChI=1S/C27H27FN6O.C26H26FN7O.C26H25FN6O.3H2S/c1-16(19-7-8-21(28)25-20(27(35)29-2)10-11-30-26(19)25)13-32-24-12-23(33-15-34-24)18-6-9-22(31-14-18)17-4-3-5-17;1-15(18-6-7-20(27)23-19(26(35)28-2)8-9-29-24(18)23)11-30-22-10-21(33-14-34-22)17-12-31-25(32-13-17)16-4-3-5-16;1-15(18-6-7-20(27)24-19(26(34)28-2)9-10-29-25(18)24)12-31-23-11-22(32-14-33-23)17-5-8-21(30-13-17)16-3-4-16;;;/h6-12,14-17H,3-5,13H2,1-2H3,(H,29,35)(H,32,33,34);6-10,12-16H,3-5,11H2,1-2H3,(H,28,35)(H,30,33,34);5-11,13-16H,3-4,12H2,1-2H3,(H,28,34)(H,31,32,33);3*1H2/t16-;2*15-;;;/m111.../s1. The van der Waals surface area contributed by atoms with Crippen molar-refractivity contribution in [3.63, 3.8) is 0 Å². The minimum atomic E-state index is -0.471. The van der Waals surface area contributed by atoms with E-state index in [2.05, 4.69) is 121 Å². The molecule has 12 aromatic rings. The summed E-state index contributed by atoms with van der Waals surface area (Å²) in [6, 6.07) is 27.9. The van der Waals surface area contributed by atoms with Crippen molar-refractivity contribution >= 4 is 108 Å². The van der Waals surface area contributed by atoms with Gasteiger partial charge in [0.05, 0.1) is 50.3 Å². The fraction of sp³-hybridized carbons (Fsp3) is 0.291. The molecule has 552 valence electrons. The Labute approximate surface area is 638 Å². The number of carbonyl (C=O) groups is 3. The van der Waals surface area contributed by atoms with Crippen LogP contribution in [0.15, 0.2) is 159 Å². The summed E-state index contributed by atoms with van der Waals surface area (Å²) in [7, 11) is 4.57. The highest BCUT2D eigenvalue weighted by molar-refractivity contribution is 7.59. The molecule has 0 spiro atoms. The van der Waals surface area contributed by atoms with Crippen LogP contribution in [0.5, 0.6) is 0 Å². The number of benzene rings is 3. The van der Waals surface area contributed by atoms with Gasteiger partial charge in [0.25, 0.3) is 17.7 Å². The van der Waals surface area contributed by atoms with Crippen LogP contribution < -0.4 is 31.9 Å². The molecule has 3 atom stereocenters. The second-order valence-corrected chi connectivity index (χ2v) is 26.4. The van der Waals surface area contributed by atoms with Crippen LogP contribution in [-0.2, 0) is 0 Å². The van der Waals surface area contributed by atoms with E-state index in [0.717, 1.165) is 80.5 Å². The maximum absolute atomic E-state index is 14.7. The number of amides is 3. The predicted molar refractivity (Wildman–Crippen MR) is 426 cm³/mol. The molecule has 9 heterocycles. The number of rotatable bonds is 21. The van der Waals surface area contributed by atoms with E-state index in [4.69, 9.17) is 0 Å². The Bertz CT molecular complexity index is 4910. The predicted octanol–water partition coefficient (Wildman–Crippen LogP) is 14.5. The topological polar surface area (TPSA) is 291 Å². The fourth-order valence-electron chi connectivity index (χ4n) is 12.9. The van der Waals surface area contributed by atoms with Crippen LogP contribution in [0.3, 0.4) is 0 Å². The van der Waals surface area contributed by atoms with E-state index in [1.165, 1.54) is 134 Å². The zero-order valence-corrected chi connectivity index (χ0v) is 62.9. The molecule has 0 radical (unpaired) electrons. The van der Waals surface area contributed by atoms with Crippen molar-refractivity contribution in [3.05, 3.63) is 227 Å². The number of fused-ring (bicyclic) bond motifs is 3. The molecule has 0 aliphatic heterocycles. The molecule has 107 heavy (non-hydrogen) atoms. The lowest BCUT2D eigenvalue weighted by Gasteiger charge is -2.24. The molecule has 3 aliphatic carbocycles. The highest BCUT2D eigenvalue weighted by atomic mass is 32.1. The smallest absolute Gasteiger partial charge is 0.251 e. The minimum absolute atomic E-state index is 0. The number of halogens is 3. The molecule has 9 aromatic heterocycles. The number of aromatic nitrogens is 13. The van der Waals surface area contributed by atoms with Gasteiger partial charge in [-0.1, -0.05) is 51.8 Å². The van der Waals surface area contributed by atoms with E-state index in [1.807, 2.05) is 63.8 Å². The van der Waals surface area contributed by atoms with Crippen LogP contribution in [0.25, 0.3) is 66.5 Å². The zero-order chi connectivity index (χ0) is 72.4. The Kier molecular flexibility index (Phi) is 26.5. The highest BCUT2D eigenvalue weighted by Gasteiger charge is 2.27. The van der Waals surface area contributed by atoms with Gasteiger partial charge in [-0.25, -0.2) is 53.0 Å². The average Bonchev–Trinajstić information content (AvgIpc) is 1.40. The summed E-state index contributed by atoms with van der Waals surface area (Å²) >= 11 is 0. The lowest BCUT2D eigenvalue weighted by molar-refractivity contribution is 0.0956. The minimum Gasteiger partial charge on any atom is -0.369 e. The van der Waals surface area contributed by atoms with Crippen molar-refractivity contribution in [2.75, 3.05) is 56.7 Å². The van der Waals surface area contributed by atoms with Gasteiger partial charge in [0.2, 0.25) is 0 Å². The quantitative estimate of drug-likeness (QED) is 0.0390. The summed E-state index contributed by atoms with van der Waals surface area (Å²) in [4.78, 5) is 94.4. The number of nitrogens with zero attached hydrogens (tertiary/aromatic N) is 13. The van der Waals surface area contributed by atoms with Gasteiger partial charge in [-0.2, -0.15) is 40.5 Å². The van der Waals surface area contributed by atoms with Crippen molar-refractivity contribution in [1.82, 2.24) is 80.7 Å². The Morgan fingerprint density at radius 3 is 1.01 bits per heavy atom. The SMILES string of the molecule is CNC(=O)c1ccnc2c([C@H](C)CNc3cc(-c4ccc(C5CC5)nc4)ncn3)ccc(F)c12.CNC(=O)c1ccnc2c([C@H](C)CNc3cc(-c4ccc(C5CCC5)nc4)ncn3)ccc(F)c12.CNC(=O)c1ccnc2c([C@H](C)CNc3cc(-c4cnc(C5CCC5)nc4)ncn3)ccc(F)c12.S.S.S. The lowest BCUT2D eigenvalue weighted by atomic mass is 9.82. The van der Waals surface area contributed by atoms with Crippen LogP contribution in [-0.4, -0.2) is 123 Å². The zero-order valence-electron chi connectivity index (χ0n) is 59.9. The van der Waals surface area contributed by atoms with Gasteiger partial charge in [0, 0.05) is 182 Å². The molecule has 22 nitrogen and oxygen atoms in total. The Balaban J connectivity index is 0.000000169. The second-order valence-electron chi connectivity index (χ2n) is 26.4. The van der Waals surface area contributed by atoms with Gasteiger partial charge >= 0.3 is 0 Å². The summed E-state index contributed by atoms with van der Waals surface area (Å²) in [5, 5.41) is 18.4. The molecule has 3 aliphatic rings. The van der Waals surface area contributed by atoms with E-state index in [9.17, 15) is 27.6 Å². The number of hydrogen-bond donors (Lipinski definition) is 6. The van der Waals surface area contributed by atoms with Crippen LogP contribution >= 0.6 is 40.5 Å². The normalized spacial score (nSPS) is 13.9. The van der Waals surface area contributed by atoms with Gasteiger partial charge in [0.15, 0.2) is 0 Å². The summed E-state index contributed by atoms with van der Waals surface area (Å²) in [6.07, 6.45) is 26.3. The molecule has 3 saturated carbocycles. The van der Waals surface area contributed by atoms with Crippen molar-refractivity contribution in [1.29, 1.82) is 0 Å². The average molecular weight is 1500 g/mol. The highest BCUT2D eigenvalue weighted by Crippen LogP contribution is 2.40. The van der Waals surface area contributed by atoms with Gasteiger partial charge in [-0.05, 0) is 116 Å². The van der Waals surface area contributed by atoms with Crippen molar-refractivity contribution in [3.8, 4) is 33.8 Å². The van der Waals surface area contributed by atoms with Crippen molar-refractivity contribution in [2.45, 2.75) is 108 Å². The van der Waals surface area contributed by atoms with E-state index in [-0.39, 0.29) is 109 Å². The molecule has 0 saturated heterocycles. The molecule has 28 heteroatoms. The van der Waals surface area contributed by atoms with Gasteiger partial charge < -0.3 is 31.9 Å². The first-order valence-electron chi connectivity index (χ1n) is 34.9. The third kappa shape index (κ3) is 18.0. The molecule has 15 rings (SSSR count). The first-order chi connectivity index (χ1) is 50.6. The molecule has 3 aromatic carbocycles. The number of pyridine rings is 5. The molecule has 6 N–H and O–H groups in total.